The zero-order valence-corrected chi connectivity index (χ0v) is 16.7. The normalized spacial score (nSPS) is 20.0. The first-order valence-electron chi connectivity index (χ1n) is 9.93. The second kappa shape index (κ2) is 7.75. The van der Waals surface area contributed by atoms with E-state index in [0.29, 0.717) is 24.3 Å². The van der Waals surface area contributed by atoms with Gasteiger partial charge in [-0.05, 0) is 64.9 Å². The lowest BCUT2D eigenvalue weighted by Gasteiger charge is -2.33. The minimum absolute atomic E-state index is 0.313. The Kier molecular flexibility index (Phi) is 5.17. The number of aromatic nitrogens is 3. The van der Waals surface area contributed by atoms with Crippen molar-refractivity contribution in [3.63, 3.8) is 0 Å². The first-order chi connectivity index (χ1) is 13.6. The van der Waals surface area contributed by atoms with E-state index in [1.165, 1.54) is 12.8 Å². The van der Waals surface area contributed by atoms with Gasteiger partial charge in [-0.25, -0.2) is 14.8 Å². The number of benzene rings is 1. The highest BCUT2D eigenvalue weighted by atomic mass is 16.5. The molecule has 2 aromatic heterocycles. The maximum atomic E-state index is 12.2. The van der Waals surface area contributed by atoms with Crippen molar-refractivity contribution in [3.8, 4) is 0 Å². The summed E-state index contributed by atoms with van der Waals surface area (Å²) in [6.45, 7) is 2.17. The monoisotopic (exact) mass is 381 g/mol. The van der Waals surface area contributed by atoms with Crippen molar-refractivity contribution in [1.82, 2.24) is 19.9 Å². The van der Waals surface area contributed by atoms with Gasteiger partial charge in [0, 0.05) is 23.0 Å². The van der Waals surface area contributed by atoms with Crippen molar-refractivity contribution in [3.05, 3.63) is 30.1 Å². The van der Waals surface area contributed by atoms with E-state index in [-0.39, 0.29) is 5.97 Å². The van der Waals surface area contributed by atoms with Crippen LogP contribution in [0.5, 0.6) is 0 Å². The Balaban J connectivity index is 1.66. The maximum Gasteiger partial charge on any atom is 0.338 e. The van der Waals surface area contributed by atoms with Crippen molar-refractivity contribution in [1.29, 1.82) is 0 Å². The van der Waals surface area contributed by atoms with Gasteiger partial charge in [-0.1, -0.05) is 0 Å². The summed E-state index contributed by atoms with van der Waals surface area (Å²) in [7, 11) is 4.30. The third-order valence-electron chi connectivity index (χ3n) is 5.67. The third kappa shape index (κ3) is 3.54. The van der Waals surface area contributed by atoms with E-state index in [0.717, 1.165) is 40.6 Å². The fourth-order valence-corrected chi connectivity index (χ4v) is 4.10. The van der Waals surface area contributed by atoms with E-state index in [1.807, 2.05) is 19.1 Å². The molecule has 7 nitrogen and oxygen atoms in total. The molecule has 2 N–H and O–H groups in total. The molecule has 0 bridgehead atoms. The summed E-state index contributed by atoms with van der Waals surface area (Å²) in [5.74, 6) is 0.512. The first kappa shape index (κ1) is 18.7. The van der Waals surface area contributed by atoms with Crippen LogP contribution < -0.4 is 5.32 Å². The standard InChI is InChI=1S/C21H27N5O2/c1-4-28-21(27)13-5-10-17-16(11-13)18-19(22-12-23-20(18)25-17)24-14-6-8-15(9-7-14)26(2)3/h5,10-12,14-15H,4,6-9H2,1-3H3,(H2,22,23,24,25). The number of esters is 1. The Morgan fingerprint density at radius 1 is 1.25 bits per heavy atom. The fourth-order valence-electron chi connectivity index (χ4n) is 4.10. The molecule has 0 aliphatic heterocycles. The second-order valence-corrected chi connectivity index (χ2v) is 7.67. The number of aromatic amines is 1. The number of hydrogen-bond acceptors (Lipinski definition) is 6. The molecule has 1 fully saturated rings. The summed E-state index contributed by atoms with van der Waals surface area (Å²) >= 11 is 0. The van der Waals surface area contributed by atoms with E-state index in [2.05, 4.69) is 39.3 Å². The summed E-state index contributed by atoms with van der Waals surface area (Å²) in [5.41, 5.74) is 2.25. The molecule has 4 rings (SSSR count). The summed E-state index contributed by atoms with van der Waals surface area (Å²) in [5, 5.41) is 5.49. The van der Waals surface area contributed by atoms with E-state index >= 15 is 0 Å². The second-order valence-electron chi connectivity index (χ2n) is 7.67. The van der Waals surface area contributed by atoms with Crippen LogP contribution in [0, 0.1) is 0 Å². The topological polar surface area (TPSA) is 83.1 Å². The lowest BCUT2D eigenvalue weighted by Crippen LogP contribution is -2.36. The Bertz CT molecular complexity index is 989. The van der Waals surface area contributed by atoms with Crippen LogP contribution in [0.1, 0.15) is 43.0 Å². The van der Waals surface area contributed by atoms with Gasteiger partial charge in [0.25, 0.3) is 0 Å². The molecule has 1 saturated carbocycles. The Morgan fingerprint density at radius 3 is 2.75 bits per heavy atom. The minimum atomic E-state index is -0.313. The molecular weight excluding hydrogens is 354 g/mol. The first-order valence-corrected chi connectivity index (χ1v) is 9.93. The molecule has 7 heteroatoms. The largest absolute Gasteiger partial charge is 0.462 e. The predicted molar refractivity (Wildman–Crippen MR) is 111 cm³/mol. The van der Waals surface area contributed by atoms with Crippen molar-refractivity contribution in [2.75, 3.05) is 26.0 Å². The molecule has 148 valence electrons. The van der Waals surface area contributed by atoms with Crippen molar-refractivity contribution in [2.24, 2.45) is 0 Å². The molecule has 0 spiro atoms. The van der Waals surface area contributed by atoms with Crippen LogP contribution in [0.3, 0.4) is 0 Å². The van der Waals surface area contributed by atoms with Gasteiger partial charge in [-0.3, -0.25) is 0 Å². The lowest BCUT2D eigenvalue weighted by atomic mass is 9.90. The number of ether oxygens (including phenoxy) is 1. The van der Waals surface area contributed by atoms with Crippen LogP contribution in [0.4, 0.5) is 5.82 Å². The molecule has 1 aromatic carbocycles. The number of carbonyl (C=O) groups is 1. The molecular formula is C21H27N5O2. The van der Waals surface area contributed by atoms with Gasteiger partial charge in [-0.15, -0.1) is 0 Å². The quantitative estimate of drug-likeness (QED) is 0.658. The maximum absolute atomic E-state index is 12.2. The number of carbonyl (C=O) groups excluding carboxylic acids is 1. The number of H-pyrrole nitrogens is 1. The number of nitrogens with zero attached hydrogens (tertiary/aromatic N) is 3. The smallest absolute Gasteiger partial charge is 0.338 e. The Labute approximate surface area is 164 Å². The SMILES string of the molecule is CCOC(=O)c1ccc2[nH]c3ncnc(NC4CCC(N(C)C)CC4)c3c2c1. The average molecular weight is 381 g/mol. The van der Waals surface area contributed by atoms with Crippen LogP contribution in [0.25, 0.3) is 21.9 Å². The number of hydrogen-bond donors (Lipinski definition) is 2. The van der Waals surface area contributed by atoms with Crippen molar-refractivity contribution in [2.45, 2.75) is 44.7 Å². The highest BCUT2D eigenvalue weighted by Crippen LogP contribution is 2.32. The number of anilines is 1. The summed E-state index contributed by atoms with van der Waals surface area (Å²) in [6, 6.07) is 6.59. The Morgan fingerprint density at radius 2 is 2.04 bits per heavy atom. The number of nitrogens with one attached hydrogen (secondary N) is 2. The van der Waals surface area contributed by atoms with Gasteiger partial charge < -0.3 is 19.9 Å². The predicted octanol–water partition coefficient (Wildman–Crippen LogP) is 3.57. The van der Waals surface area contributed by atoms with E-state index < -0.39 is 0 Å². The van der Waals surface area contributed by atoms with Crippen LogP contribution >= 0.6 is 0 Å². The van der Waals surface area contributed by atoms with E-state index in [9.17, 15) is 4.79 Å². The summed E-state index contributed by atoms with van der Waals surface area (Å²) in [4.78, 5) is 26.7. The highest BCUT2D eigenvalue weighted by Gasteiger charge is 2.23. The lowest BCUT2D eigenvalue weighted by molar-refractivity contribution is 0.0526. The molecule has 28 heavy (non-hydrogen) atoms. The van der Waals surface area contributed by atoms with Gasteiger partial charge in [0.05, 0.1) is 17.6 Å². The number of rotatable bonds is 5. The molecule has 0 atom stereocenters. The number of fused-ring (bicyclic) bond motifs is 3. The molecule has 0 amide bonds. The van der Waals surface area contributed by atoms with E-state index in [1.54, 1.807) is 12.4 Å². The third-order valence-corrected chi connectivity index (χ3v) is 5.67. The highest BCUT2D eigenvalue weighted by molar-refractivity contribution is 6.12. The van der Waals surface area contributed by atoms with Crippen LogP contribution in [0.15, 0.2) is 24.5 Å². The minimum Gasteiger partial charge on any atom is -0.462 e. The molecule has 0 unspecified atom stereocenters. The molecule has 0 radical (unpaired) electrons. The van der Waals surface area contributed by atoms with Crippen molar-refractivity contribution < 1.29 is 9.53 Å². The fraction of sp³-hybridized carbons (Fsp3) is 0.476. The zero-order valence-electron chi connectivity index (χ0n) is 16.7. The zero-order chi connectivity index (χ0) is 19.7. The molecule has 2 heterocycles. The van der Waals surface area contributed by atoms with Crippen LogP contribution in [0.2, 0.25) is 0 Å². The molecule has 0 saturated heterocycles. The van der Waals surface area contributed by atoms with Gasteiger partial charge in [-0.2, -0.15) is 0 Å². The molecule has 3 aromatic rings. The van der Waals surface area contributed by atoms with Crippen LogP contribution in [-0.2, 0) is 4.74 Å². The van der Waals surface area contributed by atoms with Crippen molar-refractivity contribution >= 4 is 33.7 Å². The average Bonchev–Trinajstić information content (AvgIpc) is 3.07. The Hall–Kier alpha value is -2.67. The van der Waals surface area contributed by atoms with Gasteiger partial charge in [0.15, 0.2) is 0 Å². The van der Waals surface area contributed by atoms with Crippen LogP contribution in [-0.4, -0.2) is 58.6 Å². The van der Waals surface area contributed by atoms with Gasteiger partial charge >= 0.3 is 5.97 Å². The van der Waals surface area contributed by atoms with E-state index in [4.69, 9.17) is 4.74 Å². The summed E-state index contributed by atoms with van der Waals surface area (Å²) in [6.07, 6.45) is 6.17. The van der Waals surface area contributed by atoms with Gasteiger partial charge in [0.1, 0.15) is 17.8 Å². The molecule has 1 aliphatic carbocycles. The summed E-state index contributed by atoms with van der Waals surface area (Å²) < 4.78 is 5.15. The molecule has 1 aliphatic rings. The van der Waals surface area contributed by atoms with Gasteiger partial charge in [0.2, 0.25) is 0 Å².